The minimum atomic E-state index is -4.02. The highest BCUT2D eigenvalue weighted by atomic mass is 35.5. The fraction of sp³-hybridized carbons (Fsp3) is 0.111. The number of aromatic amines is 1. The Hall–Kier alpha value is -1.48. The molecule has 0 saturated carbocycles. The first-order valence-electron chi connectivity index (χ1n) is 4.69. The van der Waals surface area contributed by atoms with Gasteiger partial charge in [-0.15, -0.1) is 0 Å². The second-order valence-electron chi connectivity index (χ2n) is 3.52. The molecule has 0 radical (unpaired) electrons. The Morgan fingerprint density at radius 3 is 2.67 bits per heavy atom. The van der Waals surface area contributed by atoms with Crippen LogP contribution in [0.2, 0.25) is 5.02 Å². The summed E-state index contributed by atoms with van der Waals surface area (Å²) in [7, 11) is -4.02. The molecule has 1 aromatic heterocycles. The molecule has 0 saturated heterocycles. The van der Waals surface area contributed by atoms with Crippen LogP contribution in [0, 0.1) is 0 Å². The number of aromatic nitrogens is 2. The fourth-order valence-electron chi connectivity index (χ4n) is 1.48. The van der Waals surface area contributed by atoms with Crippen molar-refractivity contribution < 1.29 is 13.5 Å². The van der Waals surface area contributed by atoms with E-state index in [0.29, 0.717) is 0 Å². The van der Waals surface area contributed by atoms with Crippen LogP contribution in [0.25, 0.3) is 10.9 Å². The van der Waals surface area contributed by atoms with Crippen molar-refractivity contribution >= 4 is 32.5 Å². The van der Waals surface area contributed by atoms with Crippen molar-refractivity contribution in [2.45, 2.75) is 11.5 Å². The molecular weight excluding hydrogens is 282 g/mol. The highest BCUT2D eigenvalue weighted by Crippen LogP contribution is 2.24. The third kappa shape index (κ3) is 2.23. The van der Waals surface area contributed by atoms with Gasteiger partial charge in [0, 0.05) is 0 Å². The number of primary sulfonamides is 1. The van der Waals surface area contributed by atoms with Gasteiger partial charge in [-0.2, -0.15) is 0 Å². The summed E-state index contributed by atoms with van der Waals surface area (Å²) in [5.41, 5.74) is -0.397. The second kappa shape index (κ2) is 4.32. The van der Waals surface area contributed by atoms with Crippen LogP contribution < -0.4 is 10.7 Å². The normalized spacial score (nSPS) is 11.9. The lowest BCUT2D eigenvalue weighted by Gasteiger charge is -2.05. The number of hydrogen-bond acceptors (Lipinski definition) is 5. The Bertz CT molecular complexity index is 784. The molecular formula is C9H8ClN3O4S. The monoisotopic (exact) mass is 289 g/mol. The molecule has 18 heavy (non-hydrogen) atoms. The lowest BCUT2D eigenvalue weighted by atomic mass is 10.2. The summed E-state index contributed by atoms with van der Waals surface area (Å²) in [6, 6.07) is 2.27. The van der Waals surface area contributed by atoms with E-state index in [1.807, 2.05) is 0 Å². The summed E-state index contributed by atoms with van der Waals surface area (Å²) in [5.74, 6) is 0.0620. The average Bonchev–Trinajstić information content (AvgIpc) is 2.26. The summed E-state index contributed by atoms with van der Waals surface area (Å²) in [6.07, 6.45) is 0. The molecule has 0 aliphatic carbocycles. The minimum absolute atomic E-state index is 0.0284. The number of sulfonamides is 1. The lowest BCUT2D eigenvalue weighted by molar-refractivity contribution is 0.271. The highest BCUT2D eigenvalue weighted by molar-refractivity contribution is 7.89. The molecule has 0 aliphatic heterocycles. The van der Waals surface area contributed by atoms with Gasteiger partial charge in [0.1, 0.15) is 17.3 Å². The van der Waals surface area contributed by atoms with Gasteiger partial charge < -0.3 is 10.1 Å². The smallest absolute Gasteiger partial charge is 0.258 e. The van der Waals surface area contributed by atoms with Gasteiger partial charge in [0.15, 0.2) is 0 Å². The average molecular weight is 290 g/mol. The summed E-state index contributed by atoms with van der Waals surface area (Å²) in [6.45, 7) is -0.445. The predicted octanol–water partition coefficient (Wildman–Crippen LogP) is -0.284. The van der Waals surface area contributed by atoms with Crippen LogP contribution in [0.3, 0.4) is 0 Å². The summed E-state index contributed by atoms with van der Waals surface area (Å²) in [4.78, 5) is 17.5. The minimum Gasteiger partial charge on any atom is -0.388 e. The molecule has 7 nitrogen and oxygen atoms in total. The number of rotatable bonds is 2. The molecule has 9 heteroatoms. The first kappa shape index (κ1) is 13.0. The van der Waals surface area contributed by atoms with Gasteiger partial charge in [-0.1, -0.05) is 11.6 Å². The van der Waals surface area contributed by atoms with Crippen LogP contribution in [0.1, 0.15) is 5.82 Å². The Kier molecular flexibility index (Phi) is 3.11. The van der Waals surface area contributed by atoms with E-state index in [0.717, 1.165) is 6.07 Å². The maximum absolute atomic E-state index is 11.7. The van der Waals surface area contributed by atoms with Crippen LogP contribution in [-0.4, -0.2) is 23.5 Å². The molecule has 0 atom stereocenters. The van der Waals surface area contributed by atoms with E-state index in [-0.39, 0.29) is 26.6 Å². The Morgan fingerprint density at radius 2 is 2.11 bits per heavy atom. The van der Waals surface area contributed by atoms with Crippen LogP contribution in [-0.2, 0) is 16.6 Å². The Morgan fingerprint density at radius 1 is 1.44 bits per heavy atom. The first-order chi connectivity index (χ1) is 8.32. The number of nitrogens with two attached hydrogens (primary N) is 1. The molecule has 0 spiro atoms. The van der Waals surface area contributed by atoms with Crippen LogP contribution in [0.5, 0.6) is 0 Å². The molecule has 0 unspecified atom stereocenters. The number of H-pyrrole nitrogens is 1. The number of halogens is 1. The zero-order valence-corrected chi connectivity index (χ0v) is 10.4. The topological polar surface area (TPSA) is 126 Å². The van der Waals surface area contributed by atoms with Gasteiger partial charge in [0.2, 0.25) is 10.0 Å². The number of nitrogens with zero attached hydrogens (tertiary/aromatic N) is 1. The molecule has 96 valence electrons. The number of nitrogens with one attached hydrogen (secondary N) is 1. The van der Waals surface area contributed by atoms with E-state index in [1.54, 1.807) is 0 Å². The van der Waals surface area contributed by atoms with Crippen molar-refractivity contribution in [2.75, 3.05) is 0 Å². The van der Waals surface area contributed by atoms with Crippen molar-refractivity contribution in [2.24, 2.45) is 5.14 Å². The second-order valence-corrected chi connectivity index (χ2v) is 5.45. The number of aliphatic hydroxyl groups excluding tert-OH is 1. The van der Waals surface area contributed by atoms with Gasteiger partial charge in [-0.05, 0) is 12.1 Å². The van der Waals surface area contributed by atoms with Crippen molar-refractivity contribution in [3.8, 4) is 0 Å². The third-order valence-corrected chi connectivity index (χ3v) is 3.64. The van der Waals surface area contributed by atoms with E-state index in [4.69, 9.17) is 21.8 Å². The molecule has 0 fully saturated rings. The number of aliphatic hydroxyl groups is 1. The number of fused-ring (bicyclic) bond motifs is 1. The molecule has 0 aliphatic rings. The molecule has 1 heterocycles. The molecule has 0 bridgehead atoms. The number of benzene rings is 1. The maximum atomic E-state index is 11.7. The highest BCUT2D eigenvalue weighted by Gasteiger charge is 2.16. The van der Waals surface area contributed by atoms with Crippen LogP contribution >= 0.6 is 11.6 Å². The first-order valence-corrected chi connectivity index (χ1v) is 6.61. The molecule has 2 aromatic rings. The summed E-state index contributed by atoms with van der Waals surface area (Å²) in [5, 5.41) is 13.8. The van der Waals surface area contributed by atoms with E-state index in [2.05, 4.69) is 9.97 Å². The van der Waals surface area contributed by atoms with Gasteiger partial charge in [0.25, 0.3) is 5.56 Å². The SMILES string of the molecule is NS(=O)(=O)c1cc2c(=O)[nH]c(CO)nc2cc1Cl. The van der Waals surface area contributed by atoms with E-state index >= 15 is 0 Å². The molecule has 1 aromatic carbocycles. The quantitative estimate of drug-likeness (QED) is 0.700. The Labute approximate surface area is 106 Å². The standard InChI is InChI=1S/C9H8ClN3O4S/c10-5-2-6-4(1-7(5)18(11,16)17)9(15)13-8(3-14)12-6/h1-2,14H,3H2,(H2,11,16,17)(H,12,13,15). The number of hydrogen-bond donors (Lipinski definition) is 3. The Balaban J connectivity index is 2.89. The molecule has 2 rings (SSSR count). The van der Waals surface area contributed by atoms with Crippen molar-refractivity contribution in [3.63, 3.8) is 0 Å². The van der Waals surface area contributed by atoms with E-state index < -0.39 is 22.2 Å². The van der Waals surface area contributed by atoms with Gasteiger partial charge in [0.05, 0.1) is 15.9 Å². The molecule has 4 N–H and O–H groups in total. The lowest BCUT2D eigenvalue weighted by Crippen LogP contribution is -2.16. The predicted molar refractivity (Wildman–Crippen MR) is 64.7 cm³/mol. The molecule has 0 amide bonds. The van der Waals surface area contributed by atoms with E-state index in [9.17, 15) is 13.2 Å². The van der Waals surface area contributed by atoms with Crippen molar-refractivity contribution in [3.05, 3.63) is 33.3 Å². The summed E-state index contributed by atoms with van der Waals surface area (Å²) < 4.78 is 22.5. The van der Waals surface area contributed by atoms with Gasteiger partial charge >= 0.3 is 0 Å². The van der Waals surface area contributed by atoms with Crippen molar-refractivity contribution in [1.82, 2.24) is 9.97 Å². The van der Waals surface area contributed by atoms with Crippen LogP contribution in [0.15, 0.2) is 21.8 Å². The van der Waals surface area contributed by atoms with Gasteiger partial charge in [-0.25, -0.2) is 18.5 Å². The summed E-state index contributed by atoms with van der Waals surface area (Å²) >= 11 is 5.76. The fourth-order valence-corrected chi connectivity index (χ4v) is 2.58. The van der Waals surface area contributed by atoms with E-state index in [1.165, 1.54) is 6.07 Å². The van der Waals surface area contributed by atoms with Crippen molar-refractivity contribution in [1.29, 1.82) is 0 Å². The largest absolute Gasteiger partial charge is 0.388 e. The zero-order chi connectivity index (χ0) is 13.5. The maximum Gasteiger partial charge on any atom is 0.258 e. The van der Waals surface area contributed by atoms with Crippen LogP contribution in [0.4, 0.5) is 0 Å². The van der Waals surface area contributed by atoms with Gasteiger partial charge in [-0.3, -0.25) is 4.79 Å². The zero-order valence-electron chi connectivity index (χ0n) is 8.84. The third-order valence-electron chi connectivity index (χ3n) is 2.26.